The molecule has 11 heteroatoms. The van der Waals surface area contributed by atoms with Crippen LogP contribution in [0.15, 0.2) is 15.8 Å². The third-order valence-corrected chi connectivity index (χ3v) is 3.97. The number of aromatic nitrogens is 2. The summed E-state index contributed by atoms with van der Waals surface area (Å²) < 4.78 is 6.10. The predicted molar refractivity (Wildman–Crippen MR) is 79.9 cm³/mol. The molecule has 1 aliphatic rings. The number of H-pyrrole nitrogens is 1. The predicted octanol–water partition coefficient (Wildman–Crippen LogP) is -3.09. The molecule has 0 unspecified atom stereocenters. The quantitative estimate of drug-likeness (QED) is 0.352. The van der Waals surface area contributed by atoms with Gasteiger partial charge in [-0.1, -0.05) is 0 Å². The molecule has 0 spiro atoms. The van der Waals surface area contributed by atoms with Crippen LogP contribution in [0.1, 0.15) is 18.9 Å². The molecule has 2 heterocycles. The van der Waals surface area contributed by atoms with Gasteiger partial charge < -0.3 is 25.2 Å². The molecule has 11 nitrogen and oxygen atoms in total. The fourth-order valence-corrected chi connectivity index (χ4v) is 2.89. The van der Waals surface area contributed by atoms with E-state index in [2.05, 4.69) is 0 Å². The first-order chi connectivity index (χ1) is 11.6. The van der Waals surface area contributed by atoms with Crippen molar-refractivity contribution in [2.75, 3.05) is 6.61 Å². The molecule has 138 valence electrons. The average Bonchev–Trinajstić information content (AvgIpc) is 2.74. The van der Waals surface area contributed by atoms with Gasteiger partial charge in [-0.25, -0.2) is 4.79 Å². The number of hydrogen-bond acceptors (Lipinski definition) is 8. The van der Waals surface area contributed by atoms with Gasteiger partial charge in [0.2, 0.25) is 0 Å². The molecule has 0 saturated carbocycles. The number of carboxylic acid groups (broad SMARTS) is 1. The average molecular weight is 358 g/mol. The van der Waals surface area contributed by atoms with E-state index in [9.17, 15) is 34.5 Å². The maximum atomic E-state index is 12.2. The van der Waals surface area contributed by atoms with Crippen molar-refractivity contribution in [3.05, 3.63) is 32.6 Å². The van der Waals surface area contributed by atoms with E-state index in [0.717, 1.165) is 13.1 Å². The summed E-state index contributed by atoms with van der Waals surface area (Å²) in [5.74, 6) is -1.85. The molecule has 0 bridgehead atoms. The van der Waals surface area contributed by atoms with E-state index < -0.39 is 66.5 Å². The van der Waals surface area contributed by atoms with E-state index in [1.807, 2.05) is 4.98 Å². The van der Waals surface area contributed by atoms with E-state index in [-0.39, 0.29) is 5.56 Å². The van der Waals surface area contributed by atoms with E-state index >= 15 is 0 Å². The van der Waals surface area contributed by atoms with Crippen LogP contribution in [-0.4, -0.2) is 66.6 Å². The first-order valence-corrected chi connectivity index (χ1v) is 7.33. The summed E-state index contributed by atoms with van der Waals surface area (Å²) in [4.78, 5) is 48.4. The zero-order valence-corrected chi connectivity index (χ0v) is 13.2. The molecule has 4 atom stereocenters. The van der Waals surface area contributed by atoms with Crippen molar-refractivity contribution < 1.29 is 34.8 Å². The van der Waals surface area contributed by atoms with Gasteiger partial charge in [0.15, 0.2) is 5.72 Å². The second-order valence-corrected chi connectivity index (χ2v) is 5.85. The van der Waals surface area contributed by atoms with Gasteiger partial charge in [0.25, 0.3) is 5.56 Å². The summed E-state index contributed by atoms with van der Waals surface area (Å²) in [7, 11) is 0. The van der Waals surface area contributed by atoms with Gasteiger partial charge >= 0.3 is 11.7 Å². The SMILES string of the molecule is CC(=O)C[C@@]1(n2cc(CC(=O)O)c(=O)[nH]c2=O)O[C@H](CO)[C@@H](O)[C@H]1O. The summed E-state index contributed by atoms with van der Waals surface area (Å²) in [6.45, 7) is 0.462. The van der Waals surface area contributed by atoms with Crippen molar-refractivity contribution in [3.63, 3.8) is 0 Å². The summed E-state index contributed by atoms with van der Waals surface area (Å²) >= 11 is 0. The molecule has 2 rings (SSSR count). The number of aliphatic hydroxyl groups is 3. The normalized spacial score (nSPS) is 28.9. The standard InChI is InChI=1S/C14H18N2O9/c1-6(18)3-14(11(22)10(21)8(5-17)25-14)16-4-7(2-9(19)20)12(23)15-13(16)24/h4,8,10-11,17,21-22H,2-3,5H2,1H3,(H,19,20)(H,15,23,24)/t8-,10-,11-,14-/m1/s1. The fourth-order valence-electron chi connectivity index (χ4n) is 2.89. The smallest absolute Gasteiger partial charge is 0.330 e. The van der Waals surface area contributed by atoms with Crippen molar-refractivity contribution in [2.24, 2.45) is 0 Å². The highest BCUT2D eigenvalue weighted by Gasteiger charge is 2.56. The third kappa shape index (κ3) is 3.39. The number of aliphatic hydroxyl groups excluding tert-OH is 3. The Morgan fingerprint density at radius 1 is 1.36 bits per heavy atom. The van der Waals surface area contributed by atoms with Crippen LogP contribution in [-0.2, 0) is 26.5 Å². The van der Waals surface area contributed by atoms with Crippen molar-refractivity contribution in [1.82, 2.24) is 9.55 Å². The molecule has 0 radical (unpaired) electrons. The Kier molecular flexibility index (Phi) is 5.23. The number of hydrogen-bond donors (Lipinski definition) is 5. The molecule has 25 heavy (non-hydrogen) atoms. The van der Waals surface area contributed by atoms with Gasteiger partial charge in [0.1, 0.15) is 24.1 Å². The summed E-state index contributed by atoms with van der Waals surface area (Å²) in [6, 6.07) is 0. The number of carbonyl (C=O) groups is 2. The lowest BCUT2D eigenvalue weighted by atomic mass is 9.97. The molecule has 0 aliphatic carbocycles. The Bertz CT molecular complexity index is 798. The summed E-state index contributed by atoms with van der Waals surface area (Å²) in [5.41, 5.74) is -4.40. The first kappa shape index (κ1) is 19.0. The minimum Gasteiger partial charge on any atom is -0.481 e. The van der Waals surface area contributed by atoms with Crippen LogP contribution in [0.5, 0.6) is 0 Å². The zero-order chi connectivity index (χ0) is 18.9. The van der Waals surface area contributed by atoms with Gasteiger partial charge in [-0.3, -0.25) is 23.9 Å². The van der Waals surface area contributed by atoms with Crippen LogP contribution in [0, 0.1) is 0 Å². The van der Waals surface area contributed by atoms with E-state index in [1.165, 1.54) is 0 Å². The van der Waals surface area contributed by atoms with Gasteiger partial charge in [0.05, 0.1) is 19.4 Å². The lowest BCUT2D eigenvalue weighted by Gasteiger charge is -2.33. The van der Waals surface area contributed by atoms with Crippen LogP contribution in [0.2, 0.25) is 0 Å². The first-order valence-electron chi connectivity index (χ1n) is 7.33. The molecule has 1 aliphatic heterocycles. The van der Waals surface area contributed by atoms with Gasteiger partial charge in [0, 0.05) is 11.8 Å². The maximum absolute atomic E-state index is 12.2. The maximum Gasteiger partial charge on any atom is 0.330 e. The summed E-state index contributed by atoms with van der Waals surface area (Å²) in [5, 5.41) is 38.5. The Balaban J connectivity index is 2.67. The monoisotopic (exact) mass is 358 g/mol. The Labute approximate surface area is 140 Å². The van der Waals surface area contributed by atoms with Gasteiger partial charge in [-0.15, -0.1) is 0 Å². The number of aromatic amines is 1. The van der Waals surface area contributed by atoms with Gasteiger partial charge in [-0.05, 0) is 6.92 Å². The van der Waals surface area contributed by atoms with E-state index in [1.54, 1.807) is 0 Å². The molecule has 5 N–H and O–H groups in total. The Hall–Kier alpha value is -2.34. The number of ether oxygens (including phenoxy) is 1. The molecular formula is C14H18N2O9. The highest BCUT2D eigenvalue weighted by atomic mass is 16.6. The summed E-state index contributed by atoms with van der Waals surface area (Å²) in [6.07, 6.45) is -5.07. The number of nitrogens with one attached hydrogen (secondary N) is 1. The van der Waals surface area contributed by atoms with Crippen molar-refractivity contribution in [3.8, 4) is 0 Å². The number of carbonyl (C=O) groups excluding carboxylic acids is 1. The van der Waals surface area contributed by atoms with Crippen LogP contribution in [0.3, 0.4) is 0 Å². The van der Waals surface area contributed by atoms with Gasteiger partial charge in [-0.2, -0.15) is 0 Å². The second kappa shape index (κ2) is 6.88. The largest absolute Gasteiger partial charge is 0.481 e. The van der Waals surface area contributed by atoms with E-state index in [4.69, 9.17) is 9.84 Å². The number of ketones is 1. The third-order valence-electron chi connectivity index (χ3n) is 3.97. The lowest BCUT2D eigenvalue weighted by Crippen LogP contribution is -2.53. The highest BCUT2D eigenvalue weighted by Crippen LogP contribution is 2.37. The van der Waals surface area contributed by atoms with Crippen LogP contribution in [0.25, 0.3) is 0 Å². The molecule has 1 fully saturated rings. The number of nitrogens with zero attached hydrogens (tertiary/aromatic N) is 1. The highest BCUT2D eigenvalue weighted by molar-refractivity contribution is 5.76. The Morgan fingerprint density at radius 3 is 2.48 bits per heavy atom. The van der Waals surface area contributed by atoms with Crippen molar-refractivity contribution >= 4 is 11.8 Å². The zero-order valence-electron chi connectivity index (χ0n) is 13.2. The number of aliphatic carboxylic acids is 1. The van der Waals surface area contributed by atoms with E-state index in [0.29, 0.717) is 4.57 Å². The Morgan fingerprint density at radius 2 is 2.00 bits per heavy atom. The van der Waals surface area contributed by atoms with Crippen molar-refractivity contribution in [1.29, 1.82) is 0 Å². The lowest BCUT2D eigenvalue weighted by molar-refractivity contribution is -0.163. The molecular weight excluding hydrogens is 340 g/mol. The fraction of sp³-hybridized carbons (Fsp3) is 0.571. The van der Waals surface area contributed by atoms with Crippen LogP contribution in [0.4, 0.5) is 0 Å². The number of Topliss-reactive ketones (excluding diaryl/α,β-unsaturated/α-hetero) is 1. The number of rotatable bonds is 6. The van der Waals surface area contributed by atoms with Crippen LogP contribution >= 0.6 is 0 Å². The number of carboxylic acids is 1. The molecule has 1 saturated heterocycles. The van der Waals surface area contributed by atoms with Crippen molar-refractivity contribution in [2.45, 2.75) is 43.8 Å². The molecule has 0 amide bonds. The van der Waals surface area contributed by atoms with Crippen LogP contribution < -0.4 is 11.2 Å². The topological polar surface area (TPSA) is 179 Å². The molecule has 1 aromatic heterocycles. The minimum absolute atomic E-state index is 0.312. The molecule has 0 aromatic carbocycles. The second-order valence-electron chi connectivity index (χ2n) is 5.85. The molecule has 1 aromatic rings. The minimum atomic E-state index is -2.09.